The van der Waals surface area contributed by atoms with Crippen LogP contribution in [0, 0.1) is 11.3 Å². The van der Waals surface area contributed by atoms with E-state index in [0.29, 0.717) is 5.41 Å². The molecular weight excluding hydrogens is 280 g/mol. The van der Waals surface area contributed by atoms with E-state index in [1.54, 1.807) is 0 Å². The van der Waals surface area contributed by atoms with Gasteiger partial charge in [0.15, 0.2) is 0 Å². The van der Waals surface area contributed by atoms with Gasteiger partial charge in [-0.3, -0.25) is 0 Å². The van der Waals surface area contributed by atoms with Gasteiger partial charge in [-0.2, -0.15) is 0 Å². The lowest BCUT2D eigenvalue weighted by Crippen LogP contribution is -2.29. The lowest BCUT2D eigenvalue weighted by atomic mass is 9.72. The van der Waals surface area contributed by atoms with Crippen LogP contribution in [-0.2, 0) is 0 Å². The zero-order valence-corrected chi connectivity index (χ0v) is 11.3. The van der Waals surface area contributed by atoms with Gasteiger partial charge in [-0.15, -0.1) is 0 Å². The topological polar surface area (TPSA) is 0 Å². The van der Waals surface area contributed by atoms with Gasteiger partial charge in [-0.05, 0) is 37.0 Å². The van der Waals surface area contributed by atoms with Gasteiger partial charge in [-0.1, -0.05) is 52.6 Å². The Balaban J connectivity index is 2.47. The molecule has 0 bridgehead atoms. The van der Waals surface area contributed by atoms with Crippen LogP contribution in [0.2, 0.25) is 0 Å². The number of hydrogen-bond donors (Lipinski definition) is 0. The number of rotatable bonds is 0. The molecule has 0 heterocycles. The van der Waals surface area contributed by atoms with Crippen molar-refractivity contribution >= 4 is 31.9 Å². The molecular formula is C10H18Br2. The van der Waals surface area contributed by atoms with Crippen molar-refractivity contribution in [1.82, 2.24) is 0 Å². The molecule has 0 aromatic rings. The first-order valence-corrected chi connectivity index (χ1v) is 6.28. The van der Waals surface area contributed by atoms with Crippen molar-refractivity contribution in [2.75, 3.05) is 0 Å². The number of alkyl halides is 2. The Hall–Kier alpha value is 0.960. The van der Waals surface area contributed by atoms with E-state index >= 15 is 0 Å². The highest BCUT2D eigenvalue weighted by Crippen LogP contribution is 2.47. The third-order valence-corrected chi connectivity index (χ3v) is 4.53. The van der Waals surface area contributed by atoms with Gasteiger partial charge in [0, 0.05) is 0 Å². The first kappa shape index (κ1) is 11.0. The fourth-order valence-electron chi connectivity index (χ4n) is 1.91. The van der Waals surface area contributed by atoms with E-state index in [2.05, 4.69) is 52.6 Å². The van der Waals surface area contributed by atoms with Crippen molar-refractivity contribution < 1.29 is 0 Å². The van der Waals surface area contributed by atoms with Crippen molar-refractivity contribution in [2.24, 2.45) is 11.3 Å². The summed E-state index contributed by atoms with van der Waals surface area (Å²) in [5.74, 6) is 0.903. The molecule has 0 aromatic heterocycles. The molecule has 72 valence electrons. The quantitative estimate of drug-likeness (QED) is 0.568. The molecule has 12 heavy (non-hydrogen) atoms. The van der Waals surface area contributed by atoms with Crippen molar-refractivity contribution in [2.45, 2.75) is 49.7 Å². The molecule has 0 aromatic carbocycles. The predicted molar refractivity (Wildman–Crippen MR) is 62.0 cm³/mol. The molecule has 1 aliphatic rings. The maximum absolute atomic E-state index is 3.70. The van der Waals surface area contributed by atoms with Gasteiger partial charge in [0.05, 0.1) is 3.23 Å². The Kier molecular flexibility index (Phi) is 3.32. The average molecular weight is 298 g/mol. The summed E-state index contributed by atoms with van der Waals surface area (Å²) in [5, 5.41) is 0. The molecule has 0 N–H and O–H groups in total. The van der Waals surface area contributed by atoms with Crippen molar-refractivity contribution in [3.05, 3.63) is 0 Å². The van der Waals surface area contributed by atoms with E-state index in [-0.39, 0.29) is 3.23 Å². The molecule has 0 spiro atoms. The van der Waals surface area contributed by atoms with Crippen LogP contribution in [0.3, 0.4) is 0 Å². The molecule has 2 heteroatoms. The van der Waals surface area contributed by atoms with Crippen LogP contribution in [-0.4, -0.2) is 3.23 Å². The van der Waals surface area contributed by atoms with E-state index in [1.165, 1.54) is 25.7 Å². The minimum atomic E-state index is 0.252. The third kappa shape index (κ3) is 3.02. The van der Waals surface area contributed by atoms with Crippen LogP contribution in [0.5, 0.6) is 0 Å². The van der Waals surface area contributed by atoms with E-state index < -0.39 is 0 Å². The Morgan fingerprint density at radius 2 is 1.50 bits per heavy atom. The molecule has 0 radical (unpaired) electrons. The van der Waals surface area contributed by atoms with Crippen molar-refractivity contribution in [1.29, 1.82) is 0 Å². The Bertz CT molecular complexity index is 146. The summed E-state index contributed by atoms with van der Waals surface area (Å²) in [7, 11) is 0. The van der Waals surface area contributed by atoms with Crippen LogP contribution in [0.25, 0.3) is 0 Å². The zero-order valence-electron chi connectivity index (χ0n) is 8.16. The molecule has 1 saturated carbocycles. The minimum Gasteiger partial charge on any atom is -0.0727 e. The molecule has 0 aliphatic heterocycles. The van der Waals surface area contributed by atoms with Crippen LogP contribution in [0.4, 0.5) is 0 Å². The second-order valence-corrected chi connectivity index (χ2v) is 9.10. The maximum atomic E-state index is 3.70. The van der Waals surface area contributed by atoms with Crippen LogP contribution in [0.1, 0.15) is 46.5 Å². The second kappa shape index (κ2) is 3.61. The van der Waals surface area contributed by atoms with E-state index in [9.17, 15) is 0 Å². The summed E-state index contributed by atoms with van der Waals surface area (Å²) >= 11 is 7.41. The van der Waals surface area contributed by atoms with Gasteiger partial charge in [-0.25, -0.2) is 0 Å². The zero-order chi connectivity index (χ0) is 9.41. The molecule has 0 amide bonds. The SMILES string of the molecule is CC(C)(C)C1CCC(Br)(Br)CC1. The maximum Gasteiger partial charge on any atom is 0.0805 e. The molecule has 1 rings (SSSR count). The lowest BCUT2D eigenvalue weighted by molar-refractivity contribution is 0.180. The Morgan fingerprint density at radius 1 is 1.08 bits per heavy atom. The highest BCUT2D eigenvalue weighted by Gasteiger charge is 2.35. The minimum absolute atomic E-state index is 0.252. The monoisotopic (exact) mass is 296 g/mol. The summed E-state index contributed by atoms with van der Waals surface area (Å²) in [5.41, 5.74) is 0.497. The first-order valence-electron chi connectivity index (χ1n) is 4.69. The van der Waals surface area contributed by atoms with Crippen LogP contribution in [0.15, 0.2) is 0 Å². The van der Waals surface area contributed by atoms with Crippen molar-refractivity contribution in [3.63, 3.8) is 0 Å². The average Bonchev–Trinajstić information content (AvgIpc) is 1.83. The van der Waals surface area contributed by atoms with E-state index in [1.807, 2.05) is 0 Å². The van der Waals surface area contributed by atoms with Gasteiger partial charge in [0.25, 0.3) is 0 Å². The van der Waals surface area contributed by atoms with Gasteiger partial charge < -0.3 is 0 Å². The van der Waals surface area contributed by atoms with Gasteiger partial charge >= 0.3 is 0 Å². The number of hydrogen-bond acceptors (Lipinski definition) is 0. The summed E-state index contributed by atoms with van der Waals surface area (Å²) in [6, 6.07) is 0. The summed E-state index contributed by atoms with van der Waals surface area (Å²) < 4.78 is 0.252. The normalized spacial score (nSPS) is 25.8. The summed E-state index contributed by atoms with van der Waals surface area (Å²) in [6.45, 7) is 7.06. The third-order valence-electron chi connectivity index (χ3n) is 2.94. The van der Waals surface area contributed by atoms with E-state index in [4.69, 9.17) is 0 Å². The molecule has 0 nitrogen and oxygen atoms in total. The predicted octanol–water partition coefficient (Wildman–Crippen LogP) is 4.71. The smallest absolute Gasteiger partial charge is 0.0727 e. The van der Waals surface area contributed by atoms with Crippen molar-refractivity contribution in [3.8, 4) is 0 Å². The van der Waals surface area contributed by atoms with E-state index in [0.717, 1.165) is 5.92 Å². The lowest BCUT2D eigenvalue weighted by Gasteiger charge is -2.38. The highest BCUT2D eigenvalue weighted by atomic mass is 79.9. The largest absolute Gasteiger partial charge is 0.0805 e. The number of halogens is 2. The van der Waals surface area contributed by atoms with Crippen LogP contribution < -0.4 is 0 Å². The van der Waals surface area contributed by atoms with Gasteiger partial charge in [0.2, 0.25) is 0 Å². The Labute approximate surface area is 92.8 Å². The Morgan fingerprint density at radius 3 is 1.83 bits per heavy atom. The standard InChI is InChI=1S/C10H18Br2/c1-9(2,3)8-4-6-10(11,12)7-5-8/h8H,4-7H2,1-3H3. The molecule has 0 unspecified atom stereocenters. The van der Waals surface area contributed by atoms with Gasteiger partial charge in [0.1, 0.15) is 0 Å². The highest BCUT2D eigenvalue weighted by molar-refractivity contribution is 9.25. The molecule has 1 aliphatic carbocycles. The summed E-state index contributed by atoms with van der Waals surface area (Å²) in [6.07, 6.45) is 5.21. The fraction of sp³-hybridized carbons (Fsp3) is 1.00. The van der Waals surface area contributed by atoms with Crippen LogP contribution >= 0.6 is 31.9 Å². The molecule has 0 atom stereocenters. The molecule has 0 saturated heterocycles. The second-order valence-electron chi connectivity index (χ2n) is 5.00. The molecule has 1 fully saturated rings. The summed E-state index contributed by atoms with van der Waals surface area (Å²) in [4.78, 5) is 0. The first-order chi connectivity index (χ1) is 5.31. The fourth-order valence-corrected chi connectivity index (χ4v) is 2.82.